The van der Waals surface area contributed by atoms with Crippen molar-refractivity contribution in [3.63, 3.8) is 0 Å². The van der Waals surface area contributed by atoms with Gasteiger partial charge in [-0.15, -0.1) is 0 Å². The molecule has 0 amide bonds. The lowest BCUT2D eigenvalue weighted by molar-refractivity contribution is -0.661. The maximum absolute atomic E-state index is 2.55. The number of hydrogen-bond acceptors (Lipinski definition) is 0. The van der Waals surface area contributed by atoms with Crippen molar-refractivity contribution in [2.24, 2.45) is 49.9 Å². The zero-order chi connectivity index (χ0) is 88.5. The minimum atomic E-state index is 0.505. The Labute approximate surface area is 753 Å². The molecule has 20 rings (SSSR count). The molecule has 4 aromatic heterocycles. The molecule has 4 nitrogen and oxygen atoms in total. The van der Waals surface area contributed by atoms with Crippen LogP contribution < -0.4 is 18.3 Å². The Morgan fingerprint density at radius 3 is 0.960 bits per heavy atom. The van der Waals surface area contributed by atoms with E-state index in [1.54, 1.807) is 22.3 Å². The fourth-order valence-corrected chi connectivity index (χ4v) is 24.8. The van der Waals surface area contributed by atoms with Gasteiger partial charge in [0, 0.05) is 46.5 Å². The van der Waals surface area contributed by atoms with Crippen LogP contribution in [0.1, 0.15) is 321 Å². The lowest BCUT2D eigenvalue weighted by atomic mass is 9.70. The van der Waals surface area contributed by atoms with Gasteiger partial charge in [-0.2, -0.15) is 0 Å². The topological polar surface area (TPSA) is 15.5 Å². The molecule has 8 aliphatic carbocycles. The smallest absolute Gasteiger partial charge is 0.201 e. The van der Waals surface area contributed by atoms with Crippen LogP contribution in [0.3, 0.4) is 0 Å². The Hall–Kier alpha value is -9.64. The quantitative estimate of drug-likeness (QED) is 0.135. The van der Waals surface area contributed by atoms with Gasteiger partial charge in [0.05, 0.1) is 22.3 Å². The van der Waals surface area contributed by atoms with Crippen LogP contribution in [0.25, 0.3) is 89.5 Å². The lowest BCUT2D eigenvalue weighted by Crippen LogP contribution is -2.33. The Kier molecular flexibility index (Phi) is 23.7. The predicted molar refractivity (Wildman–Crippen MR) is 527 cm³/mol. The van der Waals surface area contributed by atoms with Crippen molar-refractivity contribution >= 4 is 0 Å². The minimum absolute atomic E-state index is 0.505. The normalized spacial score (nSPS) is 17.4. The fourth-order valence-electron chi connectivity index (χ4n) is 24.8. The van der Waals surface area contributed by atoms with Crippen molar-refractivity contribution in [2.75, 3.05) is 0 Å². The van der Waals surface area contributed by atoms with Crippen molar-refractivity contribution in [3.05, 3.63) is 303 Å². The average Bonchev–Trinajstić information content (AvgIpc) is 1.64. The van der Waals surface area contributed by atoms with E-state index in [1.165, 1.54) is 309 Å². The van der Waals surface area contributed by atoms with Crippen LogP contribution in [0.5, 0.6) is 0 Å². The van der Waals surface area contributed by atoms with E-state index in [9.17, 15) is 0 Å². The summed E-state index contributed by atoms with van der Waals surface area (Å²) in [5, 5.41) is 0. The molecule has 4 fully saturated rings. The van der Waals surface area contributed by atoms with Crippen LogP contribution in [0.15, 0.2) is 164 Å². The number of aromatic nitrogens is 4. The minimum Gasteiger partial charge on any atom is -0.201 e. The number of hydrogen-bond donors (Lipinski definition) is 0. The fraction of sp³-hybridized carbons (Fsp3) is 0.438. The number of fused-ring (bicyclic) bond motifs is 12. The van der Waals surface area contributed by atoms with Gasteiger partial charge in [0.15, 0.2) is 24.8 Å². The molecule has 0 atom stereocenters. The van der Waals surface area contributed by atoms with Gasteiger partial charge in [-0.05, 0) is 414 Å². The number of rotatable bonds is 8. The van der Waals surface area contributed by atoms with E-state index in [0.717, 1.165) is 25.7 Å². The van der Waals surface area contributed by atoms with Crippen molar-refractivity contribution < 1.29 is 18.3 Å². The third-order valence-corrected chi connectivity index (χ3v) is 32.5. The molecule has 4 saturated carbocycles. The Morgan fingerprint density at radius 1 is 0.224 bits per heavy atom. The zero-order valence-electron chi connectivity index (χ0n) is 81.3. The van der Waals surface area contributed by atoms with E-state index in [4.69, 9.17) is 0 Å². The highest BCUT2D eigenvalue weighted by Gasteiger charge is 2.39. The largest absolute Gasteiger partial charge is 0.213 e. The molecule has 0 bridgehead atoms. The summed E-state index contributed by atoms with van der Waals surface area (Å²) >= 11 is 0. The van der Waals surface area contributed by atoms with Crippen LogP contribution >= 0.6 is 0 Å². The number of benzene rings is 8. The summed E-state index contributed by atoms with van der Waals surface area (Å²) in [7, 11) is 8.90. The first kappa shape index (κ1) is 87.4. The molecule has 0 aliphatic heterocycles. The molecule has 4 heterocycles. The summed E-state index contributed by atoms with van der Waals surface area (Å²) in [4.78, 5) is 0. The maximum atomic E-state index is 2.55. The summed E-state index contributed by atoms with van der Waals surface area (Å²) in [5.41, 5.74) is 61.5. The second-order valence-electron chi connectivity index (χ2n) is 44.2. The van der Waals surface area contributed by atoms with E-state index < -0.39 is 0 Å². The molecule has 646 valence electrons. The van der Waals surface area contributed by atoms with Gasteiger partial charge in [-0.1, -0.05) is 182 Å². The molecule has 0 saturated heterocycles. The second-order valence-corrected chi connectivity index (χ2v) is 44.2. The van der Waals surface area contributed by atoms with Crippen molar-refractivity contribution in [1.29, 1.82) is 0 Å². The highest BCUT2D eigenvalue weighted by atomic mass is 14.9. The maximum Gasteiger partial charge on any atom is 0.213 e. The summed E-state index contributed by atoms with van der Waals surface area (Å²) < 4.78 is 9.47. The van der Waals surface area contributed by atoms with E-state index >= 15 is 0 Å². The highest BCUT2D eigenvalue weighted by molar-refractivity contribution is 5.91. The molecule has 0 radical (unpaired) electrons. The molecular weight excluding hydrogens is 1510 g/mol. The molecule has 0 unspecified atom stereocenters. The Bertz CT molecular complexity index is 6240. The molecule has 4 heteroatoms. The Morgan fingerprint density at radius 2 is 0.536 bits per heavy atom. The standard InChI is InChI=1S/C31H38N.3C30H36N/c1-19-9-8-10-24-16-26-29(20(2)15-21(3)30(26)28(19)24)27-17-25(22(4)18-32(27)7)23-11-13-31(5,6)14-12-23;1-19-7-9-24-23(15-19)16-27-25(24)10-8-20(2)29(27)28-17-26(21(3)18-31(28)6)22-11-13-30(4,5)14-12-22;1-19-7-9-23-16-27-24(26(23)15-19)10-8-20(2)29(27)28-17-25(21(3)18-31(28)6)22-11-13-30(4,5)14-12-22;1-19-8-7-9-23-24-11-10-20(2)29(27(24)16-26(19)23)28-17-25(21(3)18-31(28)6)22-12-14-30(4,5)15-13-22/h8-10,15,17-18,23H,11-14,16H2,1-7H3;2*7-10,15,17-18,22H,11-14,16H2,1-6H3;7-11,17-18,22H,12-16H2,1-6H3/q4*+1. The summed E-state index contributed by atoms with van der Waals surface area (Å²) in [6, 6.07) is 54.1. The van der Waals surface area contributed by atoms with Crippen molar-refractivity contribution in [3.8, 4) is 89.5 Å². The van der Waals surface area contributed by atoms with Gasteiger partial charge in [-0.3, -0.25) is 0 Å². The monoisotopic (exact) mass is 1660 g/mol. The van der Waals surface area contributed by atoms with E-state index in [2.05, 4.69) is 356 Å². The summed E-state index contributed by atoms with van der Waals surface area (Å²) in [6.07, 6.45) is 34.9. The molecule has 8 aliphatic rings. The first-order valence-electron chi connectivity index (χ1n) is 48.3. The van der Waals surface area contributed by atoms with Crippen LogP contribution in [-0.2, 0) is 53.9 Å². The second kappa shape index (κ2) is 33.9. The van der Waals surface area contributed by atoms with Gasteiger partial charge in [0.25, 0.3) is 0 Å². The SMILES string of the molecule is Cc1c[n+](C)c(-c2c(C)cc(C)c3c2Cc2cccc(C)c2-3)cc1C1CCC(C)(C)CC1.Cc1c[n+](C)c(-c2c(C)ccc3c2Cc2c(C)cccc2-3)cc1C1CCC(C)(C)CC1.Cc1ccc2c(c1)-c1ccc(C)c(-c3cc(C4CCC(C)(C)CC4)c(C)c[n+]3C)c1C2.Cc1ccc2c(c1)Cc1c-2ccc(C)c1-c1cc(C2CCC(C)(C)CC2)c(C)c[n+]1C. The molecular formula is C121H146N4+4. The van der Waals surface area contributed by atoms with Crippen LogP contribution in [0.2, 0.25) is 0 Å². The van der Waals surface area contributed by atoms with Gasteiger partial charge in [-0.25, -0.2) is 18.3 Å². The lowest BCUT2D eigenvalue weighted by Gasteiger charge is -2.35. The van der Waals surface area contributed by atoms with Crippen LogP contribution in [-0.4, -0.2) is 0 Å². The highest BCUT2D eigenvalue weighted by Crippen LogP contribution is 2.54. The van der Waals surface area contributed by atoms with Crippen LogP contribution in [0, 0.1) is 112 Å². The number of pyridine rings is 4. The van der Waals surface area contributed by atoms with Gasteiger partial charge < -0.3 is 0 Å². The number of nitrogens with zero attached hydrogens (tertiary/aromatic N) is 4. The molecule has 125 heavy (non-hydrogen) atoms. The molecule has 0 N–H and O–H groups in total. The van der Waals surface area contributed by atoms with Crippen molar-refractivity contribution in [1.82, 2.24) is 0 Å². The molecule has 8 aromatic carbocycles. The third-order valence-electron chi connectivity index (χ3n) is 32.5. The zero-order valence-corrected chi connectivity index (χ0v) is 81.3. The van der Waals surface area contributed by atoms with Gasteiger partial charge in [0.2, 0.25) is 22.8 Å². The summed E-state index contributed by atoms with van der Waals surface area (Å²) in [5.74, 6) is 2.79. The van der Waals surface area contributed by atoms with Crippen LogP contribution in [0.4, 0.5) is 0 Å². The average molecular weight is 1660 g/mol. The van der Waals surface area contributed by atoms with Crippen molar-refractivity contribution in [2.45, 2.75) is 297 Å². The van der Waals surface area contributed by atoms with Gasteiger partial charge >= 0.3 is 0 Å². The molecule has 0 spiro atoms. The number of aryl methyl sites for hydroxylation is 17. The van der Waals surface area contributed by atoms with E-state index in [-0.39, 0.29) is 0 Å². The predicted octanol–water partition coefficient (Wildman–Crippen LogP) is 29.7. The molecule has 12 aromatic rings. The van der Waals surface area contributed by atoms with E-state index in [0.29, 0.717) is 45.3 Å². The first-order valence-corrected chi connectivity index (χ1v) is 48.3. The summed E-state index contributed by atoms with van der Waals surface area (Å²) in [6.45, 7) is 49.1. The Balaban J connectivity index is 0.000000118. The first-order chi connectivity index (χ1) is 59.4. The van der Waals surface area contributed by atoms with E-state index in [1.807, 2.05) is 0 Å². The van der Waals surface area contributed by atoms with Gasteiger partial charge in [0.1, 0.15) is 28.2 Å². The third kappa shape index (κ3) is 17.0.